The van der Waals surface area contributed by atoms with Gasteiger partial charge in [-0.2, -0.15) is 0 Å². The molecule has 0 amide bonds. The molecule has 1 aliphatic rings. The number of aromatic nitrogens is 4. The molecular weight excluding hydrogens is 324 g/mol. The quantitative estimate of drug-likeness (QED) is 0.595. The zero-order valence-electron chi connectivity index (χ0n) is 14.4. The number of hydrogen-bond acceptors (Lipinski definition) is 4. The van der Waals surface area contributed by atoms with Crippen LogP contribution in [0.5, 0.6) is 0 Å². The fourth-order valence-corrected chi connectivity index (χ4v) is 3.62. The van der Waals surface area contributed by atoms with E-state index in [1.807, 2.05) is 42.0 Å². The number of aryl methyl sites for hydroxylation is 2. The molecule has 0 aliphatic heterocycles. The molecule has 1 aliphatic carbocycles. The predicted molar refractivity (Wildman–Crippen MR) is 102 cm³/mol. The Bertz CT molecular complexity index is 1150. The van der Waals surface area contributed by atoms with E-state index in [4.69, 9.17) is 10.4 Å². The zero-order chi connectivity index (χ0) is 17.7. The number of hydrogen-bond donors (Lipinski definition) is 2. The fourth-order valence-electron chi connectivity index (χ4n) is 3.62. The van der Waals surface area contributed by atoms with Crippen molar-refractivity contribution in [1.82, 2.24) is 18.9 Å². The summed E-state index contributed by atoms with van der Waals surface area (Å²) in [6, 6.07) is 10.3. The fraction of sp³-hybridized carbons (Fsp3) is 0.150. The Kier molecular flexibility index (Phi) is 3.18. The van der Waals surface area contributed by atoms with E-state index in [1.165, 1.54) is 5.56 Å². The minimum Gasteiger partial charge on any atom is -0.349 e. The lowest BCUT2D eigenvalue weighted by Gasteiger charge is -2.11. The van der Waals surface area contributed by atoms with Crippen molar-refractivity contribution in [1.29, 1.82) is 5.41 Å². The van der Waals surface area contributed by atoms with Gasteiger partial charge in [-0.05, 0) is 48.2 Å². The Balaban J connectivity index is 1.65. The first-order chi connectivity index (χ1) is 12.7. The van der Waals surface area contributed by atoms with Gasteiger partial charge in [0.2, 0.25) is 0 Å². The molecule has 0 atom stereocenters. The second-order valence-corrected chi connectivity index (χ2v) is 6.59. The molecule has 1 aromatic carbocycles. The number of imidazole rings is 1. The van der Waals surface area contributed by atoms with Crippen molar-refractivity contribution in [2.24, 2.45) is 7.05 Å². The zero-order valence-corrected chi connectivity index (χ0v) is 14.4. The summed E-state index contributed by atoms with van der Waals surface area (Å²) in [5.41, 5.74) is 6.77. The number of benzene rings is 1. The summed E-state index contributed by atoms with van der Waals surface area (Å²) in [6.45, 7) is 0. The Morgan fingerprint density at radius 1 is 1.15 bits per heavy atom. The molecule has 128 valence electrons. The third kappa shape index (κ3) is 2.23. The largest absolute Gasteiger partial charge is 0.349 e. The van der Waals surface area contributed by atoms with Crippen molar-refractivity contribution < 1.29 is 0 Å². The van der Waals surface area contributed by atoms with Crippen LogP contribution < -0.4 is 5.32 Å². The molecule has 6 heteroatoms. The van der Waals surface area contributed by atoms with E-state index in [0.717, 1.165) is 52.7 Å². The summed E-state index contributed by atoms with van der Waals surface area (Å²) in [4.78, 5) is 8.97. The molecule has 0 bridgehead atoms. The lowest BCUT2D eigenvalue weighted by molar-refractivity contribution is 0.933. The molecule has 3 aromatic heterocycles. The molecule has 0 spiro atoms. The van der Waals surface area contributed by atoms with Crippen molar-refractivity contribution in [3.8, 4) is 11.4 Å². The average Bonchev–Trinajstić information content (AvgIpc) is 3.33. The van der Waals surface area contributed by atoms with Crippen LogP contribution in [0.4, 0.5) is 11.5 Å². The van der Waals surface area contributed by atoms with E-state index in [0.29, 0.717) is 0 Å². The molecule has 0 radical (unpaired) electrons. The van der Waals surface area contributed by atoms with E-state index >= 15 is 0 Å². The van der Waals surface area contributed by atoms with E-state index in [1.54, 1.807) is 12.4 Å². The molecule has 6 nitrogen and oxygen atoms in total. The van der Waals surface area contributed by atoms with E-state index in [2.05, 4.69) is 27.0 Å². The van der Waals surface area contributed by atoms with Crippen molar-refractivity contribution in [2.75, 3.05) is 5.32 Å². The molecular formula is C20H18N6. The van der Waals surface area contributed by atoms with Crippen molar-refractivity contribution in [2.45, 2.75) is 12.8 Å². The number of nitrogens with one attached hydrogen (secondary N) is 2. The summed E-state index contributed by atoms with van der Waals surface area (Å²) >= 11 is 0. The maximum atomic E-state index is 8.01. The first kappa shape index (κ1) is 14.9. The highest BCUT2D eigenvalue weighted by atomic mass is 15.2. The van der Waals surface area contributed by atoms with Gasteiger partial charge in [0.05, 0.1) is 11.9 Å². The van der Waals surface area contributed by atoms with Crippen LogP contribution in [0.3, 0.4) is 0 Å². The summed E-state index contributed by atoms with van der Waals surface area (Å²) in [7, 11) is 2.02. The molecule has 0 fully saturated rings. The summed E-state index contributed by atoms with van der Waals surface area (Å²) in [5.74, 6) is 0.914. The van der Waals surface area contributed by atoms with Gasteiger partial charge in [-0.1, -0.05) is 6.07 Å². The highest BCUT2D eigenvalue weighted by Crippen LogP contribution is 2.32. The smallest absolute Gasteiger partial charge is 0.157 e. The Morgan fingerprint density at radius 2 is 2.08 bits per heavy atom. The van der Waals surface area contributed by atoms with Gasteiger partial charge in [0.25, 0.3) is 0 Å². The lowest BCUT2D eigenvalue weighted by atomic mass is 10.1. The van der Waals surface area contributed by atoms with E-state index in [9.17, 15) is 0 Å². The maximum Gasteiger partial charge on any atom is 0.157 e. The Labute approximate surface area is 150 Å². The number of nitrogens with zero attached hydrogens (tertiary/aromatic N) is 4. The molecule has 0 saturated heterocycles. The van der Waals surface area contributed by atoms with Gasteiger partial charge in [0.1, 0.15) is 11.5 Å². The molecule has 0 unspecified atom stereocenters. The van der Waals surface area contributed by atoms with Gasteiger partial charge in [-0.3, -0.25) is 9.38 Å². The monoisotopic (exact) mass is 342 g/mol. The van der Waals surface area contributed by atoms with Gasteiger partial charge < -0.3 is 15.3 Å². The van der Waals surface area contributed by atoms with Gasteiger partial charge in [0, 0.05) is 37.0 Å². The number of rotatable bonds is 3. The first-order valence-electron chi connectivity index (χ1n) is 8.62. The van der Waals surface area contributed by atoms with Crippen LogP contribution in [0.15, 0.2) is 55.1 Å². The Morgan fingerprint density at radius 3 is 2.92 bits per heavy atom. The third-order valence-electron chi connectivity index (χ3n) is 4.95. The molecule has 3 heterocycles. The molecule has 4 aromatic rings. The number of anilines is 2. The van der Waals surface area contributed by atoms with Crippen LogP contribution in [0.1, 0.15) is 17.5 Å². The summed E-state index contributed by atoms with van der Waals surface area (Å²) in [5, 5.41) is 11.6. The minimum atomic E-state index is 0.733. The van der Waals surface area contributed by atoms with Crippen molar-refractivity contribution in [3.05, 3.63) is 66.2 Å². The molecule has 2 N–H and O–H groups in total. The van der Waals surface area contributed by atoms with Crippen molar-refractivity contribution >= 4 is 22.9 Å². The number of fused-ring (bicyclic) bond motifs is 2. The standard InChI is InChI=1S/C20H18N6/c1-25-9-2-3-17(25)19-20(26-10-8-22-12-18(26)24-19)23-14-5-6-15-13(11-14)4-7-16(15)21/h2-3,5-6,8-12,21,23H,4,7H2,1H3. The topological polar surface area (TPSA) is 71.0 Å². The SMILES string of the molecule is Cn1cccc1-c1nc2cnccn2c1Nc1ccc2c(c1)CCC2=N. The summed E-state index contributed by atoms with van der Waals surface area (Å²) < 4.78 is 4.08. The van der Waals surface area contributed by atoms with Gasteiger partial charge in [-0.25, -0.2) is 4.98 Å². The minimum absolute atomic E-state index is 0.733. The first-order valence-corrected chi connectivity index (χ1v) is 8.62. The van der Waals surface area contributed by atoms with Crippen LogP contribution in [0.25, 0.3) is 17.0 Å². The maximum absolute atomic E-state index is 8.01. The molecule has 0 saturated carbocycles. The normalized spacial score (nSPS) is 13.3. The lowest BCUT2D eigenvalue weighted by Crippen LogP contribution is -2.00. The average molecular weight is 342 g/mol. The van der Waals surface area contributed by atoms with Crippen LogP contribution in [0.2, 0.25) is 0 Å². The van der Waals surface area contributed by atoms with Gasteiger partial charge in [0.15, 0.2) is 5.65 Å². The predicted octanol–water partition coefficient (Wildman–Crippen LogP) is 3.79. The van der Waals surface area contributed by atoms with Crippen LogP contribution >= 0.6 is 0 Å². The second kappa shape index (κ2) is 5.56. The van der Waals surface area contributed by atoms with Crippen molar-refractivity contribution in [3.63, 3.8) is 0 Å². The van der Waals surface area contributed by atoms with E-state index in [-0.39, 0.29) is 0 Å². The van der Waals surface area contributed by atoms with Gasteiger partial charge >= 0.3 is 0 Å². The van der Waals surface area contributed by atoms with E-state index < -0.39 is 0 Å². The highest BCUT2D eigenvalue weighted by molar-refractivity contribution is 6.02. The van der Waals surface area contributed by atoms with Crippen LogP contribution in [-0.4, -0.2) is 24.6 Å². The second-order valence-electron chi connectivity index (χ2n) is 6.59. The third-order valence-corrected chi connectivity index (χ3v) is 4.95. The van der Waals surface area contributed by atoms with Gasteiger partial charge in [-0.15, -0.1) is 0 Å². The molecule has 5 rings (SSSR count). The Hall–Kier alpha value is -3.41. The van der Waals surface area contributed by atoms with Crippen LogP contribution in [-0.2, 0) is 13.5 Å². The highest BCUT2D eigenvalue weighted by Gasteiger charge is 2.19. The summed E-state index contributed by atoms with van der Waals surface area (Å²) in [6.07, 6.45) is 9.23. The van der Waals surface area contributed by atoms with Crippen LogP contribution in [0, 0.1) is 5.41 Å². The molecule has 26 heavy (non-hydrogen) atoms.